The number of hydrogen-bond acceptors (Lipinski definition) is 4. The van der Waals surface area contributed by atoms with Gasteiger partial charge in [0.05, 0.1) is 11.5 Å². The van der Waals surface area contributed by atoms with Crippen molar-refractivity contribution in [2.24, 2.45) is 5.41 Å². The van der Waals surface area contributed by atoms with Gasteiger partial charge in [-0.1, -0.05) is 59.4 Å². The topological polar surface area (TPSA) is 55.9 Å². The number of amides is 2. The number of piperidine rings is 2. The van der Waals surface area contributed by atoms with Crippen LogP contribution in [-0.4, -0.2) is 72.3 Å². The number of carbonyl (C=O) groups is 2. The van der Waals surface area contributed by atoms with Crippen molar-refractivity contribution in [1.82, 2.24) is 20.0 Å². The molecule has 0 aromatic heterocycles. The van der Waals surface area contributed by atoms with E-state index >= 15 is 0 Å². The molecule has 216 valence electrons. The maximum Gasteiger partial charge on any atom is 0.239 e. The Hall–Kier alpha value is -1.83. The molecule has 2 aromatic carbocycles. The molecule has 2 amide bonds. The van der Waals surface area contributed by atoms with E-state index in [1.165, 1.54) is 24.8 Å². The highest BCUT2D eigenvalue weighted by atomic mass is 35.5. The summed E-state index contributed by atoms with van der Waals surface area (Å²) in [7, 11) is 0. The quantitative estimate of drug-likeness (QED) is 0.346. The molecule has 40 heavy (non-hydrogen) atoms. The summed E-state index contributed by atoms with van der Waals surface area (Å²) in [6, 6.07) is 13.1. The molecule has 1 N–H and O–H groups in total. The lowest BCUT2D eigenvalue weighted by molar-refractivity contribution is -0.142. The minimum absolute atomic E-state index is 0.0418. The highest BCUT2D eigenvalue weighted by Crippen LogP contribution is 2.51. The zero-order valence-corrected chi connectivity index (χ0v) is 25.3. The van der Waals surface area contributed by atoms with Gasteiger partial charge in [-0.2, -0.15) is 0 Å². The van der Waals surface area contributed by atoms with Crippen LogP contribution in [0.5, 0.6) is 0 Å². The molecular formula is C31H39Cl3N4O2. The highest BCUT2D eigenvalue weighted by Gasteiger charge is 2.53. The number of nitrogens with zero attached hydrogens (tertiary/aromatic N) is 3. The van der Waals surface area contributed by atoms with Gasteiger partial charge in [0.1, 0.15) is 6.54 Å². The highest BCUT2D eigenvalue weighted by molar-refractivity contribution is 6.35. The smallest absolute Gasteiger partial charge is 0.239 e. The standard InChI is InChI=1S/C31H39Cl3N4O2/c32-24-7-4-6-23(18-24)21-37-16-10-31(11-17-37)20-28(26-9-8-25(33)19-27(26)34)38(30(31)40)22-29(39)35-12-5-15-36-13-2-1-3-14-36/h4,6-9,18-19,28H,1-3,5,10-17,20-22H2,(H,35,39). The molecule has 3 fully saturated rings. The molecule has 3 heterocycles. The van der Waals surface area contributed by atoms with Gasteiger partial charge in [0, 0.05) is 28.2 Å². The largest absolute Gasteiger partial charge is 0.355 e. The molecule has 0 saturated carbocycles. The van der Waals surface area contributed by atoms with E-state index in [1.807, 2.05) is 30.3 Å². The summed E-state index contributed by atoms with van der Waals surface area (Å²) in [5, 5.41) is 4.89. The Bertz CT molecular complexity index is 1190. The van der Waals surface area contributed by atoms with Crippen LogP contribution < -0.4 is 5.32 Å². The maximum atomic E-state index is 14.1. The molecule has 6 nitrogen and oxygen atoms in total. The van der Waals surface area contributed by atoms with Crippen LogP contribution in [0.4, 0.5) is 0 Å². The number of benzene rings is 2. The SMILES string of the molecule is O=C(CN1C(=O)C2(CCN(Cc3cccc(Cl)c3)CC2)CC1c1ccc(Cl)cc1Cl)NCCCN1CCCCC1. The fraction of sp³-hybridized carbons (Fsp3) is 0.548. The van der Waals surface area contributed by atoms with Crippen molar-refractivity contribution in [1.29, 1.82) is 0 Å². The molecule has 0 bridgehead atoms. The molecule has 1 spiro atoms. The van der Waals surface area contributed by atoms with E-state index in [0.29, 0.717) is 23.0 Å². The number of nitrogens with one attached hydrogen (secondary N) is 1. The van der Waals surface area contributed by atoms with E-state index in [-0.39, 0.29) is 24.4 Å². The van der Waals surface area contributed by atoms with Crippen LogP contribution in [0.2, 0.25) is 15.1 Å². The molecule has 3 aliphatic heterocycles. The molecule has 0 aliphatic carbocycles. The van der Waals surface area contributed by atoms with Crippen molar-refractivity contribution in [3.63, 3.8) is 0 Å². The van der Waals surface area contributed by atoms with Gasteiger partial charge in [-0.3, -0.25) is 14.5 Å². The molecule has 0 radical (unpaired) electrons. The van der Waals surface area contributed by atoms with Gasteiger partial charge >= 0.3 is 0 Å². The summed E-state index contributed by atoms with van der Waals surface area (Å²) in [6.45, 7) is 6.40. The first kappa shape index (κ1) is 29.7. The molecule has 1 unspecified atom stereocenters. The van der Waals surface area contributed by atoms with Crippen LogP contribution in [0, 0.1) is 5.41 Å². The minimum Gasteiger partial charge on any atom is -0.355 e. The Morgan fingerprint density at radius 1 is 0.925 bits per heavy atom. The maximum absolute atomic E-state index is 14.1. The second-order valence-electron chi connectivity index (χ2n) is 11.6. The van der Waals surface area contributed by atoms with Gasteiger partial charge in [-0.25, -0.2) is 0 Å². The third-order valence-corrected chi connectivity index (χ3v) is 9.64. The van der Waals surface area contributed by atoms with Crippen molar-refractivity contribution in [3.8, 4) is 0 Å². The van der Waals surface area contributed by atoms with Gasteiger partial charge in [0.2, 0.25) is 11.8 Å². The Labute approximate surface area is 252 Å². The van der Waals surface area contributed by atoms with E-state index in [2.05, 4.69) is 21.2 Å². The van der Waals surface area contributed by atoms with Crippen LogP contribution in [0.3, 0.4) is 0 Å². The lowest BCUT2D eigenvalue weighted by Crippen LogP contribution is -2.46. The zero-order valence-electron chi connectivity index (χ0n) is 23.0. The summed E-state index contributed by atoms with van der Waals surface area (Å²) in [4.78, 5) is 33.8. The molecular weight excluding hydrogens is 567 g/mol. The van der Waals surface area contributed by atoms with Crippen molar-refractivity contribution >= 4 is 46.6 Å². The van der Waals surface area contributed by atoms with Crippen molar-refractivity contribution in [3.05, 3.63) is 68.7 Å². The van der Waals surface area contributed by atoms with Crippen LogP contribution in [-0.2, 0) is 16.1 Å². The van der Waals surface area contributed by atoms with Crippen molar-refractivity contribution < 1.29 is 9.59 Å². The monoisotopic (exact) mass is 604 g/mol. The molecule has 3 aliphatic rings. The van der Waals surface area contributed by atoms with Crippen molar-refractivity contribution in [2.75, 3.05) is 45.8 Å². The van der Waals surface area contributed by atoms with Gasteiger partial charge in [0.15, 0.2) is 0 Å². The lowest BCUT2D eigenvalue weighted by Gasteiger charge is -2.38. The first-order valence-electron chi connectivity index (χ1n) is 14.5. The number of carbonyl (C=O) groups excluding carboxylic acids is 2. The average molecular weight is 606 g/mol. The Kier molecular flexibility index (Phi) is 9.96. The fourth-order valence-corrected chi connectivity index (χ4v) is 7.37. The molecule has 2 aromatic rings. The van der Waals surface area contributed by atoms with E-state index in [9.17, 15) is 9.59 Å². The van der Waals surface area contributed by atoms with Gasteiger partial charge < -0.3 is 15.1 Å². The number of hydrogen-bond donors (Lipinski definition) is 1. The number of halogens is 3. The van der Waals surface area contributed by atoms with E-state index in [0.717, 1.165) is 69.1 Å². The summed E-state index contributed by atoms with van der Waals surface area (Å²) in [5.41, 5.74) is 1.54. The van der Waals surface area contributed by atoms with Crippen LogP contribution in [0.25, 0.3) is 0 Å². The van der Waals surface area contributed by atoms with Crippen LogP contribution >= 0.6 is 34.8 Å². The predicted octanol–water partition coefficient (Wildman–Crippen LogP) is 6.19. The van der Waals surface area contributed by atoms with E-state index in [4.69, 9.17) is 34.8 Å². The second-order valence-corrected chi connectivity index (χ2v) is 12.9. The average Bonchev–Trinajstić information content (AvgIpc) is 3.19. The number of rotatable bonds is 9. The number of likely N-dealkylation sites (tertiary alicyclic amines) is 3. The van der Waals surface area contributed by atoms with Gasteiger partial charge in [-0.15, -0.1) is 0 Å². The van der Waals surface area contributed by atoms with Crippen molar-refractivity contribution in [2.45, 2.75) is 57.5 Å². The minimum atomic E-state index is -0.493. The Morgan fingerprint density at radius 3 is 2.40 bits per heavy atom. The third kappa shape index (κ3) is 7.14. The molecule has 3 saturated heterocycles. The summed E-state index contributed by atoms with van der Waals surface area (Å²) in [6.07, 6.45) is 6.91. The van der Waals surface area contributed by atoms with E-state index in [1.54, 1.807) is 11.0 Å². The van der Waals surface area contributed by atoms with Gasteiger partial charge in [-0.05, 0) is 107 Å². The summed E-state index contributed by atoms with van der Waals surface area (Å²) >= 11 is 19.0. The first-order valence-corrected chi connectivity index (χ1v) is 15.7. The molecule has 9 heteroatoms. The molecule has 1 atom stereocenters. The van der Waals surface area contributed by atoms with E-state index < -0.39 is 5.41 Å². The Morgan fingerprint density at radius 2 is 1.68 bits per heavy atom. The summed E-state index contributed by atoms with van der Waals surface area (Å²) < 4.78 is 0. The predicted molar refractivity (Wildman–Crippen MR) is 162 cm³/mol. The first-order chi connectivity index (χ1) is 19.3. The van der Waals surface area contributed by atoms with Gasteiger partial charge in [0.25, 0.3) is 0 Å². The molecule has 5 rings (SSSR count). The third-order valence-electron chi connectivity index (χ3n) is 8.84. The lowest BCUT2D eigenvalue weighted by atomic mass is 9.75. The van der Waals surface area contributed by atoms with Crippen LogP contribution in [0.15, 0.2) is 42.5 Å². The second kappa shape index (κ2) is 13.4. The Balaban J connectivity index is 1.23. The zero-order chi connectivity index (χ0) is 28.1. The fourth-order valence-electron chi connectivity index (χ4n) is 6.62. The summed E-state index contributed by atoms with van der Waals surface area (Å²) in [5.74, 6) is -0.0492. The normalized spacial score (nSPS) is 21.7. The van der Waals surface area contributed by atoms with Crippen LogP contribution in [0.1, 0.15) is 62.1 Å².